The Balaban J connectivity index is 4.91. The lowest BCUT2D eigenvalue weighted by Crippen LogP contribution is -2.31. The molecule has 0 bridgehead atoms. The van der Waals surface area contributed by atoms with Crippen LogP contribution in [-0.2, 0) is 0 Å². The van der Waals surface area contributed by atoms with Crippen LogP contribution >= 0.6 is 7.51 Å². The number of nitrogens with zero attached hydrogens (tertiary/aromatic N) is 4. The van der Waals surface area contributed by atoms with E-state index in [1.54, 1.807) is 11.7 Å². The standard InChI is InChI=1S/C6H19N6P/c1-10(2)13(8,11(3)4)12(5)6-9-7/h6,8H,7H2,1-5H3/b9-6+. The molecule has 0 saturated carbocycles. The van der Waals surface area contributed by atoms with E-state index in [1.165, 1.54) is 6.34 Å². The zero-order valence-electron chi connectivity index (χ0n) is 8.89. The summed E-state index contributed by atoms with van der Waals surface area (Å²) in [5.74, 6) is 5.05. The summed E-state index contributed by atoms with van der Waals surface area (Å²) in [7, 11) is 7.11. The highest BCUT2D eigenvalue weighted by Gasteiger charge is 2.26. The van der Waals surface area contributed by atoms with Crippen LogP contribution in [0, 0.1) is 5.16 Å². The van der Waals surface area contributed by atoms with Crippen LogP contribution in [0.2, 0.25) is 0 Å². The molecule has 0 atom stereocenters. The molecule has 6 nitrogen and oxygen atoms in total. The summed E-state index contributed by atoms with van der Waals surface area (Å²) < 4.78 is 5.47. The van der Waals surface area contributed by atoms with Gasteiger partial charge in [-0.05, 0) is 28.2 Å². The highest BCUT2D eigenvalue weighted by atomic mass is 31.2. The minimum Gasteiger partial charge on any atom is -0.322 e. The lowest BCUT2D eigenvalue weighted by molar-refractivity contribution is 0.504. The lowest BCUT2D eigenvalue weighted by atomic mass is 11.2. The number of rotatable bonds is 4. The Bertz CT molecular complexity index is 211. The van der Waals surface area contributed by atoms with Gasteiger partial charge < -0.3 is 10.5 Å². The Morgan fingerprint density at radius 1 is 1.15 bits per heavy atom. The van der Waals surface area contributed by atoms with Crippen molar-refractivity contribution < 1.29 is 0 Å². The van der Waals surface area contributed by atoms with Crippen molar-refractivity contribution in [2.24, 2.45) is 10.9 Å². The molecule has 0 saturated heterocycles. The predicted octanol–water partition coefficient (Wildman–Crippen LogP) is 0.468. The Morgan fingerprint density at radius 2 is 1.54 bits per heavy atom. The lowest BCUT2D eigenvalue weighted by Gasteiger charge is -2.39. The van der Waals surface area contributed by atoms with Gasteiger partial charge in [0.1, 0.15) is 6.34 Å². The van der Waals surface area contributed by atoms with Crippen LogP contribution in [0.15, 0.2) is 5.10 Å². The Morgan fingerprint density at radius 3 is 1.77 bits per heavy atom. The van der Waals surface area contributed by atoms with Crippen molar-refractivity contribution in [2.75, 3.05) is 35.2 Å². The molecule has 0 aromatic rings. The summed E-state index contributed by atoms with van der Waals surface area (Å²) in [5.41, 5.74) is 0. The van der Waals surface area contributed by atoms with Gasteiger partial charge >= 0.3 is 0 Å². The normalized spacial score (nSPS) is 13.2. The van der Waals surface area contributed by atoms with Gasteiger partial charge in [-0.25, -0.2) is 9.34 Å². The van der Waals surface area contributed by atoms with E-state index in [4.69, 9.17) is 11.0 Å². The minimum atomic E-state index is -2.20. The van der Waals surface area contributed by atoms with Crippen LogP contribution in [0.5, 0.6) is 0 Å². The highest BCUT2D eigenvalue weighted by molar-refractivity contribution is 7.58. The van der Waals surface area contributed by atoms with Crippen molar-refractivity contribution in [3.8, 4) is 0 Å². The molecule has 3 N–H and O–H groups in total. The zero-order chi connectivity index (χ0) is 10.6. The quantitative estimate of drug-likeness (QED) is 0.230. The smallest absolute Gasteiger partial charge is 0.189 e. The number of hydrazone groups is 1. The predicted molar refractivity (Wildman–Crippen MR) is 57.5 cm³/mol. The molecule has 0 aliphatic rings. The SMILES string of the molecule is CN(C)P(=N)(N(C)C)N(C)/C=N/N. The Hall–Kier alpha value is -0.580. The van der Waals surface area contributed by atoms with E-state index in [1.807, 2.05) is 37.5 Å². The maximum Gasteiger partial charge on any atom is 0.189 e. The first kappa shape index (κ1) is 12.4. The molecule has 0 rings (SSSR count). The summed E-state index contributed by atoms with van der Waals surface area (Å²) >= 11 is 0. The second kappa shape index (κ2) is 4.60. The third-order valence-corrected chi connectivity index (χ3v) is 5.00. The topological polar surface area (TPSA) is 72.0 Å². The zero-order valence-corrected chi connectivity index (χ0v) is 9.79. The molecule has 0 aromatic carbocycles. The van der Waals surface area contributed by atoms with E-state index >= 15 is 0 Å². The molecular weight excluding hydrogens is 187 g/mol. The maximum atomic E-state index is 8.28. The second-order valence-electron chi connectivity index (χ2n) is 3.10. The maximum absolute atomic E-state index is 8.28. The van der Waals surface area contributed by atoms with E-state index in [2.05, 4.69) is 5.10 Å². The molecule has 0 aromatic heterocycles. The highest BCUT2D eigenvalue weighted by Crippen LogP contribution is 2.51. The van der Waals surface area contributed by atoms with Gasteiger partial charge in [0.05, 0.1) is 0 Å². The third kappa shape index (κ3) is 2.43. The van der Waals surface area contributed by atoms with Gasteiger partial charge in [0.25, 0.3) is 0 Å². The van der Waals surface area contributed by atoms with E-state index in [-0.39, 0.29) is 0 Å². The molecule has 0 amide bonds. The fourth-order valence-corrected chi connectivity index (χ4v) is 3.14. The monoisotopic (exact) mass is 206 g/mol. The minimum absolute atomic E-state index is 1.47. The van der Waals surface area contributed by atoms with Crippen molar-refractivity contribution in [1.82, 2.24) is 14.0 Å². The van der Waals surface area contributed by atoms with Gasteiger partial charge in [0, 0.05) is 7.05 Å². The van der Waals surface area contributed by atoms with Crippen LogP contribution in [0.3, 0.4) is 0 Å². The van der Waals surface area contributed by atoms with Crippen LogP contribution in [0.25, 0.3) is 0 Å². The van der Waals surface area contributed by atoms with Crippen LogP contribution < -0.4 is 5.84 Å². The fourth-order valence-electron chi connectivity index (χ4n) is 1.09. The Kier molecular flexibility index (Phi) is 4.39. The van der Waals surface area contributed by atoms with Crippen molar-refractivity contribution >= 4 is 13.8 Å². The number of hydrogen-bond acceptors (Lipinski definition) is 3. The Labute approximate surface area is 80.0 Å². The summed E-state index contributed by atoms with van der Waals surface area (Å²) in [6.07, 6.45) is 1.47. The molecule has 0 aliphatic carbocycles. The van der Waals surface area contributed by atoms with Crippen LogP contribution in [0.4, 0.5) is 0 Å². The van der Waals surface area contributed by atoms with Crippen molar-refractivity contribution in [2.45, 2.75) is 0 Å². The average molecular weight is 206 g/mol. The van der Waals surface area contributed by atoms with Crippen molar-refractivity contribution in [1.29, 1.82) is 5.16 Å². The van der Waals surface area contributed by atoms with E-state index in [9.17, 15) is 0 Å². The van der Waals surface area contributed by atoms with Crippen molar-refractivity contribution in [3.63, 3.8) is 0 Å². The van der Waals surface area contributed by atoms with Gasteiger partial charge in [-0.2, -0.15) is 5.10 Å². The number of nitrogens with one attached hydrogen (secondary N) is 1. The van der Waals surface area contributed by atoms with Crippen LogP contribution in [-0.4, -0.2) is 55.6 Å². The molecule has 7 heteroatoms. The number of nitrogens with two attached hydrogens (primary N) is 1. The summed E-state index contributed by atoms with van der Waals surface area (Å²) in [4.78, 5) is 0. The molecule has 0 radical (unpaired) electrons. The summed E-state index contributed by atoms with van der Waals surface area (Å²) in [6, 6.07) is 0. The van der Waals surface area contributed by atoms with Crippen LogP contribution in [0.1, 0.15) is 0 Å². The van der Waals surface area contributed by atoms with Crippen molar-refractivity contribution in [3.05, 3.63) is 0 Å². The molecule has 0 spiro atoms. The molecule has 0 heterocycles. The van der Waals surface area contributed by atoms with Gasteiger partial charge in [-0.15, -0.1) is 0 Å². The van der Waals surface area contributed by atoms with Gasteiger partial charge in [0.2, 0.25) is 0 Å². The first-order chi connectivity index (χ1) is 5.87. The average Bonchev–Trinajstić information content (AvgIpc) is 2.02. The van der Waals surface area contributed by atoms with E-state index in [0.29, 0.717) is 0 Å². The van der Waals surface area contributed by atoms with Gasteiger partial charge in [-0.1, -0.05) is 0 Å². The summed E-state index contributed by atoms with van der Waals surface area (Å²) in [5, 5.41) is 11.7. The molecule has 0 fully saturated rings. The fraction of sp³-hybridized carbons (Fsp3) is 0.833. The molecule has 13 heavy (non-hydrogen) atoms. The van der Waals surface area contributed by atoms with E-state index in [0.717, 1.165) is 0 Å². The molecule has 78 valence electrons. The molecule has 0 aliphatic heterocycles. The molecule has 0 unspecified atom stereocenters. The van der Waals surface area contributed by atoms with E-state index < -0.39 is 7.51 Å². The van der Waals surface area contributed by atoms with Gasteiger partial charge in [0.15, 0.2) is 7.51 Å². The second-order valence-corrected chi connectivity index (χ2v) is 6.47. The summed E-state index contributed by atoms with van der Waals surface area (Å²) in [6.45, 7) is 0. The third-order valence-electron chi connectivity index (χ3n) is 1.79. The first-order valence-corrected chi connectivity index (χ1v) is 5.48. The molecular formula is C6H19N6P. The largest absolute Gasteiger partial charge is 0.322 e. The number of hydrogen-bond donors (Lipinski definition) is 2. The van der Waals surface area contributed by atoms with Gasteiger partial charge in [-0.3, -0.25) is 5.16 Å². The first-order valence-electron chi connectivity index (χ1n) is 3.83.